The number of carbonyl (C=O) groups excluding carboxylic acids is 1. The molecular weight excluding hydrogens is 311 g/mol. The van der Waals surface area contributed by atoms with Crippen molar-refractivity contribution in [3.05, 3.63) is 52.5 Å². The Balaban J connectivity index is 2.01. The summed E-state index contributed by atoms with van der Waals surface area (Å²) < 4.78 is 4.80. The Hall–Kier alpha value is -1.91. The Morgan fingerprint density at radius 3 is 2.24 bits per heavy atom. The normalized spacial score (nSPS) is 10.0. The van der Waals surface area contributed by atoms with Gasteiger partial charge >= 0.3 is 6.09 Å². The van der Waals surface area contributed by atoms with Crippen molar-refractivity contribution in [1.29, 1.82) is 0 Å². The lowest BCUT2D eigenvalue weighted by Gasteiger charge is -2.09. The summed E-state index contributed by atoms with van der Waals surface area (Å²) in [6, 6.07) is 12.5. The van der Waals surface area contributed by atoms with Crippen molar-refractivity contribution >= 4 is 46.4 Å². The molecule has 2 N–H and O–H groups in total. The Morgan fingerprint density at radius 2 is 1.62 bits per heavy atom. The average Bonchev–Trinajstić information content (AvgIpc) is 2.45. The summed E-state index contributed by atoms with van der Waals surface area (Å²) in [7, 11) is 0. The zero-order valence-electron chi connectivity index (χ0n) is 11.3. The summed E-state index contributed by atoms with van der Waals surface area (Å²) >= 11 is 11.8. The predicted octanol–water partition coefficient (Wildman–Crippen LogP) is 5.31. The van der Waals surface area contributed by atoms with Gasteiger partial charge in [0.15, 0.2) is 0 Å². The molecule has 4 nitrogen and oxygen atoms in total. The van der Waals surface area contributed by atoms with Gasteiger partial charge in [-0.05, 0) is 49.4 Å². The minimum Gasteiger partial charge on any atom is -0.450 e. The number of amides is 1. The number of carbonyl (C=O) groups is 1. The van der Waals surface area contributed by atoms with E-state index in [0.717, 1.165) is 11.4 Å². The summed E-state index contributed by atoms with van der Waals surface area (Å²) in [6.45, 7) is 2.09. The molecule has 0 saturated heterocycles. The highest BCUT2D eigenvalue weighted by molar-refractivity contribution is 6.42. The van der Waals surface area contributed by atoms with Gasteiger partial charge < -0.3 is 10.1 Å². The number of anilines is 3. The molecule has 2 rings (SSSR count). The van der Waals surface area contributed by atoms with E-state index in [9.17, 15) is 4.79 Å². The lowest BCUT2D eigenvalue weighted by molar-refractivity contribution is 0.168. The van der Waals surface area contributed by atoms with Gasteiger partial charge in [-0.2, -0.15) is 0 Å². The van der Waals surface area contributed by atoms with Crippen molar-refractivity contribution in [1.82, 2.24) is 0 Å². The number of halogens is 2. The smallest absolute Gasteiger partial charge is 0.411 e. The molecule has 110 valence electrons. The summed E-state index contributed by atoms with van der Waals surface area (Å²) in [5.74, 6) is 0. The van der Waals surface area contributed by atoms with Gasteiger partial charge in [-0.3, -0.25) is 5.32 Å². The number of rotatable bonds is 4. The fourth-order valence-corrected chi connectivity index (χ4v) is 1.96. The summed E-state index contributed by atoms with van der Waals surface area (Å²) in [6.07, 6.45) is -0.470. The van der Waals surface area contributed by atoms with E-state index in [1.807, 2.05) is 18.2 Å². The van der Waals surface area contributed by atoms with Crippen LogP contribution in [0.4, 0.5) is 21.9 Å². The van der Waals surface area contributed by atoms with Gasteiger partial charge in [-0.15, -0.1) is 0 Å². The fourth-order valence-electron chi connectivity index (χ4n) is 1.66. The van der Waals surface area contributed by atoms with Crippen molar-refractivity contribution in [2.75, 3.05) is 17.2 Å². The zero-order valence-corrected chi connectivity index (χ0v) is 12.8. The van der Waals surface area contributed by atoms with E-state index >= 15 is 0 Å². The third-order valence-electron chi connectivity index (χ3n) is 2.62. The van der Waals surface area contributed by atoms with E-state index in [2.05, 4.69) is 10.6 Å². The molecule has 0 aliphatic heterocycles. The van der Waals surface area contributed by atoms with Crippen LogP contribution in [0.5, 0.6) is 0 Å². The third kappa shape index (κ3) is 4.55. The largest absolute Gasteiger partial charge is 0.450 e. The maximum Gasteiger partial charge on any atom is 0.411 e. The van der Waals surface area contributed by atoms with Gasteiger partial charge in [-0.1, -0.05) is 23.2 Å². The first kappa shape index (κ1) is 15.5. The minimum atomic E-state index is -0.470. The van der Waals surface area contributed by atoms with E-state index in [4.69, 9.17) is 27.9 Å². The van der Waals surface area contributed by atoms with Crippen molar-refractivity contribution in [3.63, 3.8) is 0 Å². The quantitative estimate of drug-likeness (QED) is 0.801. The molecule has 0 aromatic heterocycles. The third-order valence-corrected chi connectivity index (χ3v) is 3.35. The SMILES string of the molecule is CCOC(=O)Nc1ccc(Nc2ccc(Cl)c(Cl)c2)cc1. The first-order valence-electron chi connectivity index (χ1n) is 6.34. The molecule has 0 radical (unpaired) electrons. The topological polar surface area (TPSA) is 50.4 Å². The first-order valence-corrected chi connectivity index (χ1v) is 7.10. The van der Waals surface area contributed by atoms with Crippen molar-refractivity contribution in [2.24, 2.45) is 0 Å². The van der Waals surface area contributed by atoms with Gasteiger partial charge in [0.25, 0.3) is 0 Å². The second kappa shape index (κ2) is 7.20. The van der Waals surface area contributed by atoms with Crippen molar-refractivity contribution in [2.45, 2.75) is 6.92 Å². The Labute approximate surface area is 133 Å². The monoisotopic (exact) mass is 324 g/mol. The number of ether oxygens (including phenoxy) is 1. The fraction of sp³-hybridized carbons (Fsp3) is 0.133. The zero-order chi connectivity index (χ0) is 15.2. The maximum atomic E-state index is 11.3. The molecular formula is C15H14Cl2N2O2. The number of benzene rings is 2. The van der Waals surface area contributed by atoms with E-state index in [-0.39, 0.29) is 0 Å². The Bertz CT molecular complexity index is 630. The molecule has 2 aromatic carbocycles. The van der Waals surface area contributed by atoms with Crippen LogP contribution in [-0.4, -0.2) is 12.7 Å². The molecule has 0 fully saturated rings. The van der Waals surface area contributed by atoms with Crippen LogP contribution in [0.1, 0.15) is 6.92 Å². The second-order valence-corrected chi connectivity index (χ2v) is 4.99. The van der Waals surface area contributed by atoms with Crippen LogP contribution >= 0.6 is 23.2 Å². The highest BCUT2D eigenvalue weighted by atomic mass is 35.5. The molecule has 0 saturated carbocycles. The number of hydrogen-bond donors (Lipinski definition) is 2. The van der Waals surface area contributed by atoms with Crippen molar-refractivity contribution in [3.8, 4) is 0 Å². The molecule has 0 atom stereocenters. The molecule has 21 heavy (non-hydrogen) atoms. The molecule has 0 aliphatic carbocycles. The maximum absolute atomic E-state index is 11.3. The summed E-state index contributed by atoms with van der Waals surface area (Å²) in [5.41, 5.74) is 2.35. The van der Waals surface area contributed by atoms with Crippen LogP contribution in [-0.2, 0) is 4.74 Å². The lowest BCUT2D eigenvalue weighted by Crippen LogP contribution is -2.13. The molecule has 1 amide bonds. The second-order valence-electron chi connectivity index (χ2n) is 4.18. The standard InChI is InChI=1S/C15H14Cl2N2O2/c1-2-21-15(20)19-11-5-3-10(4-6-11)18-12-7-8-13(16)14(17)9-12/h3-9,18H,2H2,1H3,(H,19,20). The minimum absolute atomic E-state index is 0.336. The van der Waals surface area contributed by atoms with E-state index in [0.29, 0.717) is 22.3 Å². The molecule has 6 heteroatoms. The summed E-state index contributed by atoms with van der Waals surface area (Å²) in [4.78, 5) is 11.3. The van der Waals surface area contributed by atoms with Crippen LogP contribution in [0, 0.1) is 0 Å². The lowest BCUT2D eigenvalue weighted by atomic mass is 10.2. The van der Waals surface area contributed by atoms with Crippen LogP contribution in [0.3, 0.4) is 0 Å². The van der Waals surface area contributed by atoms with Crippen molar-refractivity contribution < 1.29 is 9.53 Å². The molecule has 0 heterocycles. The highest BCUT2D eigenvalue weighted by Gasteiger charge is 2.03. The van der Waals surface area contributed by atoms with E-state index in [1.54, 1.807) is 31.2 Å². The van der Waals surface area contributed by atoms with Gasteiger partial charge in [0.2, 0.25) is 0 Å². The predicted molar refractivity (Wildman–Crippen MR) is 86.8 cm³/mol. The molecule has 0 bridgehead atoms. The van der Waals surface area contributed by atoms with Gasteiger partial charge in [0, 0.05) is 17.1 Å². The van der Waals surface area contributed by atoms with E-state index in [1.165, 1.54) is 0 Å². The highest BCUT2D eigenvalue weighted by Crippen LogP contribution is 2.27. The molecule has 2 aromatic rings. The molecule has 0 spiro atoms. The van der Waals surface area contributed by atoms with Gasteiger partial charge in [0.1, 0.15) is 0 Å². The van der Waals surface area contributed by atoms with Crippen LogP contribution in [0.2, 0.25) is 10.0 Å². The average molecular weight is 325 g/mol. The molecule has 0 unspecified atom stereocenters. The van der Waals surface area contributed by atoms with Gasteiger partial charge in [-0.25, -0.2) is 4.79 Å². The molecule has 0 aliphatic rings. The van der Waals surface area contributed by atoms with E-state index < -0.39 is 6.09 Å². The van der Waals surface area contributed by atoms with Gasteiger partial charge in [0.05, 0.1) is 16.7 Å². The Morgan fingerprint density at radius 1 is 1.00 bits per heavy atom. The van der Waals surface area contributed by atoms with Crippen LogP contribution < -0.4 is 10.6 Å². The Kier molecular flexibility index (Phi) is 5.31. The first-order chi connectivity index (χ1) is 10.1. The number of hydrogen-bond acceptors (Lipinski definition) is 3. The van der Waals surface area contributed by atoms with Crippen LogP contribution in [0.25, 0.3) is 0 Å². The number of nitrogens with one attached hydrogen (secondary N) is 2. The van der Waals surface area contributed by atoms with Crippen LogP contribution in [0.15, 0.2) is 42.5 Å². The summed E-state index contributed by atoms with van der Waals surface area (Å²) in [5, 5.41) is 6.81.